The van der Waals surface area contributed by atoms with Crippen LogP contribution in [-0.2, 0) is 29.0 Å². The van der Waals surface area contributed by atoms with Gasteiger partial charge in [0.2, 0.25) is 0 Å². The van der Waals surface area contributed by atoms with E-state index in [-0.39, 0.29) is 5.97 Å². The van der Waals surface area contributed by atoms with Crippen molar-refractivity contribution in [2.45, 2.75) is 58.0 Å². The number of nitrogens with zero attached hydrogens (tertiary/aromatic N) is 2. The summed E-state index contributed by atoms with van der Waals surface area (Å²) in [5, 5.41) is 1.99. The van der Waals surface area contributed by atoms with Gasteiger partial charge in [-0.25, -0.2) is 0 Å². The summed E-state index contributed by atoms with van der Waals surface area (Å²) in [7, 11) is 2.15. The molecule has 1 saturated carbocycles. The van der Waals surface area contributed by atoms with E-state index in [1.54, 1.807) is 0 Å². The number of esters is 1. The monoisotopic (exact) mass is 388 g/mol. The molecule has 1 aromatic carbocycles. The highest BCUT2D eigenvalue weighted by Gasteiger charge is 2.23. The first kappa shape index (κ1) is 18.8. The lowest BCUT2D eigenvalue weighted by atomic mass is 9.90. The lowest BCUT2D eigenvalue weighted by Gasteiger charge is -2.24. The van der Waals surface area contributed by atoms with Gasteiger partial charge in [0.15, 0.2) is 0 Å². The lowest BCUT2D eigenvalue weighted by molar-refractivity contribution is -0.145. The quantitative estimate of drug-likeness (QED) is 0.690. The number of hydrogen-bond donors (Lipinski definition) is 0. The average Bonchev–Trinajstić information content (AvgIpc) is 2.97. The standard InChI is InChI=1S/C22H29ClN2O2/c1-24-11-9-21-19(14-24)18-13-17(23)7-8-20(18)25(21)12-10-22(26)27-15-16-5-3-2-4-6-16/h7-8,13,16H,2-6,9-12,14-15H2,1H3. The maximum atomic E-state index is 12.3. The number of aryl methyl sites for hydroxylation is 1. The van der Waals surface area contributed by atoms with Crippen LogP contribution in [0.4, 0.5) is 0 Å². The summed E-state index contributed by atoms with van der Waals surface area (Å²) < 4.78 is 7.91. The van der Waals surface area contributed by atoms with Crippen molar-refractivity contribution in [1.29, 1.82) is 0 Å². The second-order valence-corrected chi connectivity index (χ2v) is 8.60. The molecule has 5 heteroatoms. The van der Waals surface area contributed by atoms with Gasteiger partial charge in [-0.05, 0) is 49.6 Å². The van der Waals surface area contributed by atoms with Crippen molar-refractivity contribution in [3.63, 3.8) is 0 Å². The van der Waals surface area contributed by atoms with Crippen LogP contribution in [0.1, 0.15) is 49.8 Å². The number of aromatic nitrogens is 1. The molecule has 2 heterocycles. The number of fused-ring (bicyclic) bond motifs is 3. The predicted molar refractivity (Wildman–Crippen MR) is 109 cm³/mol. The Bertz CT molecular complexity index is 823. The Hall–Kier alpha value is -1.52. The molecular weight excluding hydrogens is 360 g/mol. The first-order chi connectivity index (χ1) is 13.1. The Morgan fingerprint density at radius 2 is 2.07 bits per heavy atom. The third-order valence-electron chi connectivity index (χ3n) is 6.15. The van der Waals surface area contributed by atoms with Gasteiger partial charge in [-0.2, -0.15) is 0 Å². The van der Waals surface area contributed by atoms with Crippen molar-refractivity contribution < 1.29 is 9.53 Å². The Morgan fingerprint density at radius 1 is 1.26 bits per heavy atom. The fraction of sp³-hybridized carbons (Fsp3) is 0.591. The van der Waals surface area contributed by atoms with E-state index in [1.165, 1.54) is 54.3 Å². The van der Waals surface area contributed by atoms with E-state index in [4.69, 9.17) is 16.3 Å². The Balaban J connectivity index is 1.46. The van der Waals surface area contributed by atoms with Gasteiger partial charge in [-0.1, -0.05) is 30.9 Å². The van der Waals surface area contributed by atoms with E-state index >= 15 is 0 Å². The van der Waals surface area contributed by atoms with Crippen LogP contribution in [0.2, 0.25) is 5.02 Å². The van der Waals surface area contributed by atoms with Gasteiger partial charge in [0.05, 0.1) is 13.0 Å². The molecule has 0 radical (unpaired) electrons. The lowest BCUT2D eigenvalue weighted by Crippen LogP contribution is -2.27. The molecule has 27 heavy (non-hydrogen) atoms. The molecule has 0 saturated heterocycles. The highest BCUT2D eigenvalue weighted by molar-refractivity contribution is 6.31. The Morgan fingerprint density at radius 3 is 2.89 bits per heavy atom. The summed E-state index contributed by atoms with van der Waals surface area (Å²) in [5.74, 6) is 0.499. The summed E-state index contributed by atoms with van der Waals surface area (Å²) >= 11 is 6.25. The SMILES string of the molecule is CN1CCc2c(c3cc(Cl)ccc3n2CCC(=O)OCC2CCCCC2)C1. The molecule has 0 N–H and O–H groups in total. The minimum Gasteiger partial charge on any atom is -0.465 e. The van der Waals surface area contributed by atoms with Crippen molar-refractivity contribution >= 4 is 28.5 Å². The van der Waals surface area contributed by atoms with Gasteiger partial charge < -0.3 is 14.2 Å². The predicted octanol–water partition coefficient (Wildman–Crippen LogP) is 4.80. The zero-order chi connectivity index (χ0) is 18.8. The van der Waals surface area contributed by atoms with E-state index in [0.717, 1.165) is 24.5 Å². The van der Waals surface area contributed by atoms with E-state index in [9.17, 15) is 4.79 Å². The van der Waals surface area contributed by atoms with Crippen LogP contribution in [-0.4, -0.2) is 35.6 Å². The molecule has 2 aliphatic rings. The first-order valence-electron chi connectivity index (χ1n) is 10.3. The van der Waals surface area contributed by atoms with Crippen molar-refractivity contribution in [3.8, 4) is 0 Å². The number of rotatable bonds is 5. The molecule has 146 valence electrons. The number of halogens is 1. The summed E-state index contributed by atoms with van der Waals surface area (Å²) in [4.78, 5) is 14.7. The van der Waals surface area contributed by atoms with Crippen molar-refractivity contribution in [3.05, 3.63) is 34.5 Å². The van der Waals surface area contributed by atoms with Gasteiger partial charge in [0.1, 0.15) is 0 Å². The fourth-order valence-electron chi connectivity index (χ4n) is 4.65. The molecule has 4 nitrogen and oxygen atoms in total. The number of benzene rings is 1. The topological polar surface area (TPSA) is 34.5 Å². The molecule has 0 amide bonds. The van der Waals surface area contributed by atoms with E-state index < -0.39 is 0 Å². The second kappa shape index (κ2) is 8.24. The summed E-state index contributed by atoms with van der Waals surface area (Å²) in [6.07, 6.45) is 7.74. The molecule has 4 rings (SSSR count). The summed E-state index contributed by atoms with van der Waals surface area (Å²) in [6, 6.07) is 6.09. The van der Waals surface area contributed by atoms with Crippen molar-refractivity contribution in [2.75, 3.05) is 20.2 Å². The molecule has 2 aromatic rings. The second-order valence-electron chi connectivity index (χ2n) is 8.16. The molecule has 0 unspecified atom stereocenters. The zero-order valence-corrected chi connectivity index (χ0v) is 16.9. The third-order valence-corrected chi connectivity index (χ3v) is 6.39. The van der Waals surface area contributed by atoms with Crippen LogP contribution < -0.4 is 0 Å². The molecular formula is C22H29ClN2O2. The van der Waals surface area contributed by atoms with Crippen LogP contribution in [0.15, 0.2) is 18.2 Å². The maximum absolute atomic E-state index is 12.3. The molecule has 1 fully saturated rings. The van der Waals surface area contributed by atoms with Gasteiger partial charge >= 0.3 is 5.97 Å². The summed E-state index contributed by atoms with van der Waals surface area (Å²) in [6.45, 7) is 3.26. The molecule has 0 atom stereocenters. The van der Waals surface area contributed by atoms with Gasteiger partial charge in [0.25, 0.3) is 0 Å². The van der Waals surface area contributed by atoms with Crippen LogP contribution in [0.5, 0.6) is 0 Å². The molecule has 1 aliphatic carbocycles. The smallest absolute Gasteiger partial charge is 0.307 e. The minimum absolute atomic E-state index is 0.0712. The van der Waals surface area contributed by atoms with Gasteiger partial charge in [-0.15, -0.1) is 0 Å². The van der Waals surface area contributed by atoms with Gasteiger partial charge in [-0.3, -0.25) is 4.79 Å². The zero-order valence-electron chi connectivity index (χ0n) is 16.2. The fourth-order valence-corrected chi connectivity index (χ4v) is 4.82. The highest BCUT2D eigenvalue weighted by atomic mass is 35.5. The molecule has 1 aliphatic heterocycles. The normalized spacial score (nSPS) is 18.6. The number of hydrogen-bond acceptors (Lipinski definition) is 3. The first-order valence-corrected chi connectivity index (χ1v) is 10.6. The number of ether oxygens (including phenoxy) is 1. The summed E-state index contributed by atoms with van der Waals surface area (Å²) in [5.41, 5.74) is 3.89. The van der Waals surface area contributed by atoms with Crippen LogP contribution in [0.25, 0.3) is 10.9 Å². The van der Waals surface area contributed by atoms with Crippen LogP contribution in [0.3, 0.4) is 0 Å². The Kier molecular flexibility index (Phi) is 5.74. The van der Waals surface area contributed by atoms with Crippen molar-refractivity contribution in [1.82, 2.24) is 9.47 Å². The molecule has 0 spiro atoms. The molecule has 1 aromatic heterocycles. The van der Waals surface area contributed by atoms with Crippen LogP contribution >= 0.6 is 11.6 Å². The highest BCUT2D eigenvalue weighted by Crippen LogP contribution is 2.32. The van der Waals surface area contributed by atoms with E-state index in [0.29, 0.717) is 25.5 Å². The average molecular weight is 389 g/mol. The third kappa shape index (κ3) is 4.17. The van der Waals surface area contributed by atoms with E-state index in [2.05, 4.69) is 28.6 Å². The minimum atomic E-state index is -0.0712. The maximum Gasteiger partial charge on any atom is 0.307 e. The number of carbonyl (C=O) groups excluding carboxylic acids is 1. The number of likely N-dealkylation sites (N-methyl/N-ethyl adjacent to an activating group) is 1. The number of carbonyl (C=O) groups is 1. The molecule has 0 bridgehead atoms. The van der Waals surface area contributed by atoms with Gasteiger partial charge in [0, 0.05) is 47.7 Å². The largest absolute Gasteiger partial charge is 0.465 e. The van der Waals surface area contributed by atoms with Crippen molar-refractivity contribution in [2.24, 2.45) is 5.92 Å². The van der Waals surface area contributed by atoms with E-state index in [1.807, 2.05) is 6.07 Å². The van der Waals surface area contributed by atoms with Crippen LogP contribution in [0, 0.1) is 5.92 Å². The Labute approximate surface area is 166 Å².